The summed E-state index contributed by atoms with van der Waals surface area (Å²) >= 11 is 11.3. The lowest BCUT2D eigenvalue weighted by Crippen LogP contribution is -2.38. The SMILES string of the molecule is CC[C@H]1CNCC[C@H]1C[C@H](O)C(Cl)Cl.Cl. The van der Waals surface area contributed by atoms with Gasteiger partial charge >= 0.3 is 0 Å². The molecule has 0 amide bonds. The highest BCUT2D eigenvalue weighted by molar-refractivity contribution is 6.44. The maximum Gasteiger partial charge on any atom is 0.133 e. The van der Waals surface area contributed by atoms with E-state index in [0.29, 0.717) is 11.8 Å². The van der Waals surface area contributed by atoms with E-state index in [1.165, 1.54) is 0 Å². The molecule has 0 spiro atoms. The number of hydrogen-bond acceptors (Lipinski definition) is 2. The van der Waals surface area contributed by atoms with Crippen LogP contribution in [0.4, 0.5) is 0 Å². The molecule has 1 saturated heterocycles. The number of aliphatic hydroxyl groups is 1. The second-order valence-corrected chi connectivity index (χ2v) is 5.22. The van der Waals surface area contributed by atoms with Crippen molar-refractivity contribution in [2.45, 2.75) is 37.1 Å². The molecular weight excluding hydrogens is 256 g/mol. The largest absolute Gasteiger partial charge is 0.390 e. The third-order valence-electron chi connectivity index (χ3n) is 3.12. The summed E-state index contributed by atoms with van der Waals surface area (Å²) in [5, 5.41) is 13.0. The van der Waals surface area contributed by atoms with Gasteiger partial charge in [-0.2, -0.15) is 0 Å². The van der Waals surface area contributed by atoms with Gasteiger partial charge in [0.1, 0.15) is 4.84 Å². The van der Waals surface area contributed by atoms with Crippen molar-refractivity contribution < 1.29 is 5.11 Å². The standard InChI is InChI=1S/C10H19Cl2NO.ClH/c1-2-7-6-13-4-3-8(7)5-9(14)10(11)12;/h7-10,13-14H,2-6H2,1H3;1H/t7-,8-,9-;/m0./s1. The number of halogens is 3. The summed E-state index contributed by atoms with van der Waals surface area (Å²) in [4.78, 5) is -0.651. The predicted molar refractivity (Wildman–Crippen MR) is 68.1 cm³/mol. The van der Waals surface area contributed by atoms with Crippen LogP contribution in [0.3, 0.4) is 0 Å². The minimum atomic E-state index is -0.651. The Morgan fingerprint density at radius 3 is 2.60 bits per heavy atom. The Balaban J connectivity index is 0.00000196. The smallest absolute Gasteiger partial charge is 0.133 e. The van der Waals surface area contributed by atoms with E-state index in [1.54, 1.807) is 0 Å². The molecule has 3 atom stereocenters. The van der Waals surface area contributed by atoms with Crippen molar-refractivity contribution in [2.75, 3.05) is 13.1 Å². The number of rotatable bonds is 4. The molecule has 1 aliphatic heterocycles. The van der Waals surface area contributed by atoms with E-state index in [4.69, 9.17) is 23.2 Å². The molecule has 1 heterocycles. The molecule has 92 valence electrons. The average Bonchev–Trinajstić information content (AvgIpc) is 2.18. The van der Waals surface area contributed by atoms with E-state index in [1.807, 2.05) is 0 Å². The minimum Gasteiger partial charge on any atom is -0.390 e. The quantitative estimate of drug-likeness (QED) is 0.774. The molecule has 0 unspecified atom stereocenters. The second-order valence-electron chi connectivity index (χ2n) is 4.06. The van der Waals surface area contributed by atoms with Crippen LogP contribution in [0.15, 0.2) is 0 Å². The van der Waals surface area contributed by atoms with Gasteiger partial charge in [-0.1, -0.05) is 13.3 Å². The molecule has 5 heteroatoms. The van der Waals surface area contributed by atoms with Crippen LogP contribution in [-0.4, -0.2) is 29.1 Å². The Morgan fingerprint density at radius 2 is 2.07 bits per heavy atom. The first-order valence-electron chi connectivity index (χ1n) is 5.32. The van der Waals surface area contributed by atoms with Gasteiger partial charge in [0.2, 0.25) is 0 Å². The minimum absolute atomic E-state index is 0. The van der Waals surface area contributed by atoms with Gasteiger partial charge in [-0.15, -0.1) is 35.6 Å². The zero-order valence-corrected chi connectivity index (χ0v) is 11.3. The van der Waals surface area contributed by atoms with Gasteiger partial charge in [0.25, 0.3) is 0 Å². The molecule has 1 fully saturated rings. The van der Waals surface area contributed by atoms with Crippen molar-refractivity contribution in [1.29, 1.82) is 0 Å². The van der Waals surface area contributed by atoms with E-state index in [-0.39, 0.29) is 12.4 Å². The Kier molecular flexibility index (Phi) is 8.39. The van der Waals surface area contributed by atoms with Crippen LogP contribution < -0.4 is 5.32 Å². The number of alkyl halides is 2. The van der Waals surface area contributed by atoms with Gasteiger partial charge in [-0.05, 0) is 37.8 Å². The van der Waals surface area contributed by atoms with Crippen LogP contribution in [0.2, 0.25) is 0 Å². The lowest BCUT2D eigenvalue weighted by molar-refractivity contribution is 0.118. The molecule has 1 aliphatic rings. The predicted octanol–water partition coefficient (Wildman–Crippen LogP) is 2.60. The molecule has 1 rings (SSSR count). The van der Waals surface area contributed by atoms with Crippen LogP contribution in [0.1, 0.15) is 26.2 Å². The summed E-state index contributed by atoms with van der Waals surface area (Å²) in [6.07, 6.45) is 2.43. The Hall–Kier alpha value is 0.790. The fraction of sp³-hybridized carbons (Fsp3) is 1.00. The third-order valence-corrected chi connectivity index (χ3v) is 3.71. The van der Waals surface area contributed by atoms with E-state index in [9.17, 15) is 5.11 Å². The second kappa shape index (κ2) is 7.97. The first-order valence-corrected chi connectivity index (χ1v) is 6.19. The lowest BCUT2D eigenvalue weighted by atomic mass is 9.81. The fourth-order valence-electron chi connectivity index (χ4n) is 2.18. The highest BCUT2D eigenvalue weighted by Gasteiger charge is 2.27. The van der Waals surface area contributed by atoms with E-state index >= 15 is 0 Å². The molecule has 0 radical (unpaired) electrons. The molecule has 0 saturated carbocycles. The summed E-state index contributed by atoms with van der Waals surface area (Å²) in [5.41, 5.74) is 0. The normalized spacial score (nSPS) is 28.6. The van der Waals surface area contributed by atoms with Crippen molar-refractivity contribution in [3.05, 3.63) is 0 Å². The molecule has 2 nitrogen and oxygen atoms in total. The van der Waals surface area contributed by atoms with Gasteiger partial charge in [-0.3, -0.25) is 0 Å². The first kappa shape index (κ1) is 15.8. The fourth-order valence-corrected chi connectivity index (χ4v) is 2.38. The summed E-state index contributed by atoms with van der Waals surface area (Å²) in [6, 6.07) is 0. The van der Waals surface area contributed by atoms with E-state index < -0.39 is 10.9 Å². The zero-order chi connectivity index (χ0) is 10.6. The van der Waals surface area contributed by atoms with Crippen LogP contribution in [-0.2, 0) is 0 Å². The number of nitrogens with one attached hydrogen (secondary N) is 1. The van der Waals surface area contributed by atoms with Crippen molar-refractivity contribution in [2.24, 2.45) is 11.8 Å². The molecule has 0 aromatic rings. The number of piperidine rings is 1. The number of hydrogen-bond donors (Lipinski definition) is 2. The highest BCUT2D eigenvalue weighted by Crippen LogP contribution is 2.28. The molecule has 2 N–H and O–H groups in total. The van der Waals surface area contributed by atoms with Crippen molar-refractivity contribution in [1.82, 2.24) is 5.32 Å². The summed E-state index contributed by atoms with van der Waals surface area (Å²) in [5.74, 6) is 1.22. The van der Waals surface area contributed by atoms with Gasteiger partial charge in [0.05, 0.1) is 6.10 Å². The van der Waals surface area contributed by atoms with E-state index in [0.717, 1.165) is 32.4 Å². The Morgan fingerprint density at radius 1 is 1.40 bits per heavy atom. The summed E-state index contributed by atoms with van der Waals surface area (Å²) < 4.78 is 0. The summed E-state index contributed by atoms with van der Waals surface area (Å²) in [6.45, 7) is 4.29. The van der Waals surface area contributed by atoms with Crippen LogP contribution in [0.25, 0.3) is 0 Å². The maximum atomic E-state index is 9.61. The lowest BCUT2D eigenvalue weighted by Gasteiger charge is -2.33. The van der Waals surface area contributed by atoms with Crippen LogP contribution >= 0.6 is 35.6 Å². The molecule has 0 aliphatic carbocycles. The summed E-state index contributed by atoms with van der Waals surface area (Å²) in [7, 11) is 0. The van der Waals surface area contributed by atoms with Gasteiger partial charge < -0.3 is 10.4 Å². The monoisotopic (exact) mass is 275 g/mol. The average molecular weight is 277 g/mol. The zero-order valence-electron chi connectivity index (χ0n) is 8.96. The maximum absolute atomic E-state index is 9.61. The molecule has 15 heavy (non-hydrogen) atoms. The third kappa shape index (κ3) is 5.10. The van der Waals surface area contributed by atoms with Crippen LogP contribution in [0, 0.1) is 11.8 Å². The molecule has 0 bridgehead atoms. The Labute approximate surface area is 108 Å². The molecule has 0 aromatic carbocycles. The van der Waals surface area contributed by atoms with Gasteiger partial charge in [0.15, 0.2) is 0 Å². The molecule has 0 aromatic heterocycles. The van der Waals surface area contributed by atoms with Crippen molar-refractivity contribution in [3.8, 4) is 0 Å². The van der Waals surface area contributed by atoms with Crippen molar-refractivity contribution >= 4 is 35.6 Å². The van der Waals surface area contributed by atoms with Gasteiger partial charge in [0, 0.05) is 0 Å². The van der Waals surface area contributed by atoms with Gasteiger partial charge in [-0.25, -0.2) is 0 Å². The van der Waals surface area contributed by atoms with Crippen molar-refractivity contribution in [3.63, 3.8) is 0 Å². The first-order chi connectivity index (χ1) is 6.65. The number of aliphatic hydroxyl groups excluding tert-OH is 1. The topological polar surface area (TPSA) is 32.3 Å². The van der Waals surface area contributed by atoms with Crippen LogP contribution in [0.5, 0.6) is 0 Å². The Bertz CT molecular complexity index is 169. The highest BCUT2D eigenvalue weighted by atomic mass is 35.5. The van der Waals surface area contributed by atoms with E-state index in [2.05, 4.69) is 12.2 Å². The molecular formula is C10H20Cl3NO.